The van der Waals surface area contributed by atoms with Gasteiger partial charge < -0.3 is 9.67 Å². The van der Waals surface area contributed by atoms with E-state index in [0.29, 0.717) is 17.3 Å². The fourth-order valence-corrected chi connectivity index (χ4v) is 2.67. The van der Waals surface area contributed by atoms with E-state index in [9.17, 15) is 14.3 Å². The average Bonchev–Trinajstić information content (AvgIpc) is 2.69. The number of aromatic nitrogens is 1. The summed E-state index contributed by atoms with van der Waals surface area (Å²) in [5, 5.41) is 9.74. The van der Waals surface area contributed by atoms with Crippen LogP contribution in [-0.4, -0.2) is 15.6 Å². The zero-order chi connectivity index (χ0) is 12.0. The highest BCUT2D eigenvalue weighted by atomic mass is 19.1. The number of hydrogen-bond acceptors (Lipinski definition) is 1. The maximum atomic E-state index is 13.6. The van der Waals surface area contributed by atoms with Crippen molar-refractivity contribution in [1.82, 2.24) is 4.57 Å². The number of carboxylic acids is 1. The lowest BCUT2D eigenvalue weighted by molar-refractivity contribution is -0.141. The van der Waals surface area contributed by atoms with Gasteiger partial charge in [0, 0.05) is 11.1 Å². The molecule has 3 rings (SSSR count). The second kappa shape index (κ2) is 3.58. The van der Waals surface area contributed by atoms with Gasteiger partial charge in [0.1, 0.15) is 11.9 Å². The predicted molar refractivity (Wildman–Crippen MR) is 61.5 cm³/mol. The molecule has 0 amide bonds. The summed E-state index contributed by atoms with van der Waals surface area (Å²) >= 11 is 0. The minimum Gasteiger partial charge on any atom is -0.480 e. The van der Waals surface area contributed by atoms with Crippen molar-refractivity contribution in [1.29, 1.82) is 0 Å². The van der Waals surface area contributed by atoms with Gasteiger partial charge in [0.25, 0.3) is 0 Å². The minimum atomic E-state index is -0.840. The highest BCUT2D eigenvalue weighted by Crippen LogP contribution is 2.33. The Morgan fingerprint density at radius 1 is 1.47 bits per heavy atom. The van der Waals surface area contributed by atoms with Crippen molar-refractivity contribution in [3.05, 3.63) is 35.8 Å². The van der Waals surface area contributed by atoms with Gasteiger partial charge in [-0.25, -0.2) is 9.18 Å². The Morgan fingerprint density at radius 2 is 2.29 bits per heavy atom. The van der Waals surface area contributed by atoms with Gasteiger partial charge in [0.05, 0.1) is 5.52 Å². The van der Waals surface area contributed by atoms with Crippen LogP contribution in [0.3, 0.4) is 0 Å². The zero-order valence-electron chi connectivity index (χ0n) is 9.19. The molecule has 0 bridgehead atoms. The summed E-state index contributed by atoms with van der Waals surface area (Å²) in [6.07, 6.45) is 2.27. The van der Waals surface area contributed by atoms with Crippen molar-refractivity contribution in [2.75, 3.05) is 0 Å². The molecule has 1 atom stereocenters. The van der Waals surface area contributed by atoms with Gasteiger partial charge in [-0.15, -0.1) is 0 Å². The third kappa shape index (κ3) is 1.44. The molecule has 1 aliphatic rings. The number of nitrogens with zero attached hydrogens (tertiary/aromatic N) is 1. The second-order valence-electron chi connectivity index (χ2n) is 4.42. The third-order valence-corrected chi connectivity index (χ3v) is 3.42. The Labute approximate surface area is 97.5 Å². The van der Waals surface area contributed by atoms with Crippen LogP contribution in [-0.2, 0) is 11.2 Å². The summed E-state index contributed by atoms with van der Waals surface area (Å²) in [6.45, 7) is 0. The zero-order valence-corrected chi connectivity index (χ0v) is 9.19. The lowest BCUT2D eigenvalue weighted by Crippen LogP contribution is -2.24. The van der Waals surface area contributed by atoms with E-state index in [-0.39, 0.29) is 5.82 Å². The van der Waals surface area contributed by atoms with E-state index in [4.69, 9.17) is 0 Å². The number of carbonyl (C=O) groups is 1. The summed E-state index contributed by atoms with van der Waals surface area (Å²) in [5.41, 5.74) is 1.61. The van der Waals surface area contributed by atoms with Gasteiger partial charge in [-0.3, -0.25) is 0 Å². The van der Waals surface area contributed by atoms with Crippen LogP contribution in [0, 0.1) is 5.82 Å². The van der Waals surface area contributed by atoms with Crippen LogP contribution >= 0.6 is 0 Å². The topological polar surface area (TPSA) is 42.2 Å². The summed E-state index contributed by atoms with van der Waals surface area (Å²) in [5.74, 6) is -1.12. The standard InChI is InChI=1S/C13H12FNO2/c14-10-4-2-5-11-9(10)7-8-3-1-6-12(13(16)17)15(8)11/h2,4-5,7,12H,1,3,6H2,(H,16,17). The SMILES string of the molecule is O=C(O)C1CCCc2cc3c(F)cccc3n21. The summed E-state index contributed by atoms with van der Waals surface area (Å²) in [4.78, 5) is 11.2. The van der Waals surface area contributed by atoms with Crippen molar-refractivity contribution < 1.29 is 14.3 Å². The van der Waals surface area contributed by atoms with E-state index in [1.54, 1.807) is 22.8 Å². The molecule has 0 aliphatic carbocycles. The molecule has 1 unspecified atom stereocenters. The van der Waals surface area contributed by atoms with Gasteiger partial charge >= 0.3 is 5.97 Å². The van der Waals surface area contributed by atoms with Crippen LogP contribution in [0.4, 0.5) is 4.39 Å². The van der Waals surface area contributed by atoms with Gasteiger partial charge in [0.15, 0.2) is 0 Å². The van der Waals surface area contributed by atoms with Crippen LogP contribution in [0.1, 0.15) is 24.6 Å². The largest absolute Gasteiger partial charge is 0.480 e. The predicted octanol–water partition coefficient (Wildman–Crippen LogP) is 2.74. The molecular weight excluding hydrogens is 221 g/mol. The molecule has 2 aromatic rings. The van der Waals surface area contributed by atoms with E-state index < -0.39 is 12.0 Å². The molecule has 88 valence electrons. The molecule has 3 nitrogen and oxygen atoms in total. The summed E-state index contributed by atoms with van der Waals surface area (Å²) < 4.78 is 15.4. The molecule has 1 aliphatic heterocycles. The number of aryl methyl sites for hydroxylation is 1. The number of hydrogen-bond donors (Lipinski definition) is 1. The molecule has 0 fully saturated rings. The first-order chi connectivity index (χ1) is 8.18. The molecule has 1 aromatic heterocycles. The summed E-state index contributed by atoms with van der Waals surface area (Å²) in [7, 11) is 0. The molecule has 1 aromatic carbocycles. The van der Waals surface area contributed by atoms with Crippen LogP contribution in [0.25, 0.3) is 10.9 Å². The molecule has 17 heavy (non-hydrogen) atoms. The summed E-state index contributed by atoms with van der Waals surface area (Å²) in [6, 6.07) is 6.03. The molecule has 0 saturated carbocycles. The number of carboxylic acid groups (broad SMARTS) is 1. The Balaban J connectivity index is 2.31. The number of fused-ring (bicyclic) bond motifs is 3. The minimum absolute atomic E-state index is 0.284. The highest BCUT2D eigenvalue weighted by molar-refractivity contribution is 5.85. The highest BCUT2D eigenvalue weighted by Gasteiger charge is 2.27. The fraction of sp³-hybridized carbons (Fsp3) is 0.308. The van der Waals surface area contributed by atoms with Crippen LogP contribution in [0.15, 0.2) is 24.3 Å². The Morgan fingerprint density at radius 3 is 3.06 bits per heavy atom. The second-order valence-corrected chi connectivity index (χ2v) is 4.42. The monoisotopic (exact) mass is 233 g/mol. The lowest BCUT2D eigenvalue weighted by atomic mass is 10.0. The molecule has 0 saturated heterocycles. The molecular formula is C13H12FNO2. The molecule has 1 N–H and O–H groups in total. The third-order valence-electron chi connectivity index (χ3n) is 3.42. The van der Waals surface area contributed by atoms with Crippen LogP contribution < -0.4 is 0 Å². The molecule has 2 heterocycles. The number of benzene rings is 1. The van der Waals surface area contributed by atoms with Gasteiger partial charge in [-0.1, -0.05) is 6.07 Å². The smallest absolute Gasteiger partial charge is 0.326 e. The molecule has 4 heteroatoms. The Kier molecular flexibility index (Phi) is 2.18. The van der Waals surface area contributed by atoms with Crippen molar-refractivity contribution in [2.24, 2.45) is 0 Å². The van der Waals surface area contributed by atoms with Crippen molar-refractivity contribution >= 4 is 16.9 Å². The maximum Gasteiger partial charge on any atom is 0.326 e. The van der Waals surface area contributed by atoms with E-state index >= 15 is 0 Å². The number of halogens is 1. The van der Waals surface area contributed by atoms with E-state index in [1.807, 2.05) is 0 Å². The van der Waals surface area contributed by atoms with Crippen molar-refractivity contribution in [2.45, 2.75) is 25.3 Å². The first-order valence-corrected chi connectivity index (χ1v) is 5.69. The fourth-order valence-electron chi connectivity index (χ4n) is 2.67. The Hall–Kier alpha value is -1.84. The van der Waals surface area contributed by atoms with Gasteiger partial charge in [-0.2, -0.15) is 0 Å². The maximum absolute atomic E-state index is 13.6. The van der Waals surface area contributed by atoms with Crippen molar-refractivity contribution in [3.63, 3.8) is 0 Å². The van der Waals surface area contributed by atoms with Crippen LogP contribution in [0.2, 0.25) is 0 Å². The van der Waals surface area contributed by atoms with E-state index in [1.165, 1.54) is 6.07 Å². The van der Waals surface area contributed by atoms with Gasteiger partial charge in [0.2, 0.25) is 0 Å². The lowest BCUT2D eigenvalue weighted by Gasteiger charge is -2.23. The molecule has 0 radical (unpaired) electrons. The number of rotatable bonds is 1. The quantitative estimate of drug-likeness (QED) is 0.822. The number of aliphatic carboxylic acids is 1. The van der Waals surface area contributed by atoms with E-state index in [2.05, 4.69) is 0 Å². The first kappa shape index (κ1) is 10.3. The van der Waals surface area contributed by atoms with Crippen LogP contribution in [0.5, 0.6) is 0 Å². The van der Waals surface area contributed by atoms with Gasteiger partial charge in [-0.05, 0) is 37.5 Å². The average molecular weight is 233 g/mol. The molecule has 0 spiro atoms. The first-order valence-electron chi connectivity index (χ1n) is 5.69. The van der Waals surface area contributed by atoms with Crippen molar-refractivity contribution in [3.8, 4) is 0 Å². The Bertz CT molecular complexity index is 603. The van der Waals surface area contributed by atoms with E-state index in [0.717, 1.165) is 18.5 Å². The normalized spacial score (nSPS) is 19.2.